The number of hydrogen-bond acceptors (Lipinski definition) is 4. The molecule has 2 aromatic rings. The Morgan fingerprint density at radius 1 is 1.00 bits per heavy atom. The Morgan fingerprint density at radius 2 is 1.64 bits per heavy atom. The van der Waals surface area contributed by atoms with Gasteiger partial charge < -0.3 is 0 Å². The van der Waals surface area contributed by atoms with Gasteiger partial charge in [-0.2, -0.15) is 0 Å². The van der Waals surface area contributed by atoms with Crippen LogP contribution in [-0.4, -0.2) is 10.2 Å². The maximum atomic E-state index is 14.4. The second-order valence-corrected chi connectivity index (χ2v) is 7.15. The van der Waals surface area contributed by atoms with Gasteiger partial charge in [-0.25, -0.2) is 8.78 Å². The summed E-state index contributed by atoms with van der Waals surface area (Å²) >= 11 is 1.60. The molecule has 2 nitrogen and oxygen atoms in total. The number of hydrogen-bond donors (Lipinski definition) is 0. The van der Waals surface area contributed by atoms with E-state index < -0.39 is 16.7 Å². The van der Waals surface area contributed by atoms with Crippen LogP contribution in [0.4, 0.5) is 8.78 Å². The van der Waals surface area contributed by atoms with Crippen molar-refractivity contribution in [3.63, 3.8) is 0 Å². The minimum absolute atomic E-state index is 0.0798. The normalized spacial score (nSPS) is 10.4. The highest BCUT2D eigenvalue weighted by Gasteiger charge is 2.17. The van der Waals surface area contributed by atoms with Crippen LogP contribution in [0.25, 0.3) is 11.1 Å². The molecule has 2 aromatic carbocycles. The van der Waals surface area contributed by atoms with Crippen molar-refractivity contribution in [2.75, 3.05) is 0 Å². The van der Waals surface area contributed by atoms with Crippen LogP contribution in [-0.2, 0) is 9.59 Å². The van der Waals surface area contributed by atoms with E-state index in [1.54, 1.807) is 24.3 Å². The first-order valence-corrected chi connectivity index (χ1v) is 8.77. The molecule has 25 heavy (non-hydrogen) atoms. The molecule has 0 aromatic heterocycles. The second kappa shape index (κ2) is 8.27. The first kappa shape index (κ1) is 19.1. The third-order valence-electron chi connectivity index (χ3n) is 3.15. The number of rotatable bonds is 5. The van der Waals surface area contributed by atoms with Gasteiger partial charge in [0.1, 0.15) is 0 Å². The molecule has 0 aliphatic heterocycles. The Bertz CT molecular complexity index is 858. The average molecular weight is 376 g/mol. The molecule has 0 saturated carbocycles. The molecule has 0 aliphatic carbocycles. The molecule has 0 atom stereocenters. The SMILES string of the molecule is C=CC(=O)Sc1ccc(-c2ccc(SC(=O)C(=C)C)c(F)c2F)cc1. The van der Waals surface area contributed by atoms with Crippen molar-refractivity contribution in [2.45, 2.75) is 16.7 Å². The minimum atomic E-state index is -1.07. The first-order valence-electron chi connectivity index (χ1n) is 7.14. The zero-order valence-electron chi connectivity index (χ0n) is 13.3. The molecule has 0 radical (unpaired) electrons. The summed E-state index contributed by atoms with van der Waals surface area (Å²) in [7, 11) is 0. The molecule has 0 N–H and O–H groups in total. The Morgan fingerprint density at radius 3 is 2.20 bits per heavy atom. The third-order valence-corrected chi connectivity index (χ3v) is 5.09. The largest absolute Gasteiger partial charge is 0.282 e. The topological polar surface area (TPSA) is 34.1 Å². The van der Waals surface area contributed by atoms with Gasteiger partial charge in [-0.3, -0.25) is 9.59 Å². The number of benzene rings is 2. The van der Waals surface area contributed by atoms with Crippen molar-refractivity contribution in [1.82, 2.24) is 0 Å². The standard InChI is InChI=1S/C19H14F2O2S2/c1-4-16(22)24-13-7-5-12(6-8-13)14-9-10-15(18(21)17(14)20)25-19(23)11(2)3/h4-10H,1-2H2,3H3. The lowest BCUT2D eigenvalue weighted by Crippen LogP contribution is -1.97. The van der Waals surface area contributed by atoms with Gasteiger partial charge in [-0.05, 0) is 65.9 Å². The highest BCUT2D eigenvalue weighted by atomic mass is 32.2. The predicted octanol–water partition coefficient (Wildman–Crippen LogP) is 5.63. The molecule has 0 fully saturated rings. The van der Waals surface area contributed by atoms with Gasteiger partial charge in [0.2, 0.25) is 10.2 Å². The van der Waals surface area contributed by atoms with Crippen molar-refractivity contribution in [1.29, 1.82) is 0 Å². The molecule has 6 heteroatoms. The van der Waals surface area contributed by atoms with E-state index in [0.717, 1.165) is 11.8 Å². The number of carbonyl (C=O) groups is 2. The number of thioether (sulfide) groups is 2. The molecular formula is C19H14F2O2S2. The smallest absolute Gasteiger partial charge is 0.219 e. The summed E-state index contributed by atoms with van der Waals surface area (Å²) in [6.07, 6.45) is 1.20. The van der Waals surface area contributed by atoms with E-state index in [4.69, 9.17) is 0 Å². The maximum absolute atomic E-state index is 14.4. The van der Waals surface area contributed by atoms with Crippen molar-refractivity contribution in [3.05, 3.63) is 72.8 Å². The van der Waals surface area contributed by atoms with Gasteiger partial charge in [0.25, 0.3) is 0 Å². The van der Waals surface area contributed by atoms with E-state index in [2.05, 4.69) is 13.2 Å². The van der Waals surface area contributed by atoms with Crippen molar-refractivity contribution in [2.24, 2.45) is 0 Å². The van der Waals surface area contributed by atoms with E-state index >= 15 is 0 Å². The molecule has 0 bridgehead atoms. The highest BCUT2D eigenvalue weighted by Crippen LogP contribution is 2.33. The number of halogens is 2. The summed E-state index contributed by atoms with van der Waals surface area (Å²) in [6.45, 7) is 8.38. The zero-order valence-corrected chi connectivity index (χ0v) is 15.0. The van der Waals surface area contributed by atoms with Crippen LogP contribution in [0.15, 0.2) is 71.0 Å². The van der Waals surface area contributed by atoms with Gasteiger partial charge in [0.15, 0.2) is 11.6 Å². The lowest BCUT2D eigenvalue weighted by Gasteiger charge is -2.09. The van der Waals surface area contributed by atoms with E-state index in [-0.39, 0.29) is 21.1 Å². The maximum Gasteiger partial charge on any atom is 0.219 e. The molecule has 0 saturated heterocycles. The molecule has 0 spiro atoms. The van der Waals surface area contributed by atoms with Gasteiger partial charge >= 0.3 is 0 Å². The molecule has 2 rings (SSSR count). The fourth-order valence-electron chi connectivity index (χ4n) is 1.88. The van der Waals surface area contributed by atoms with Crippen LogP contribution in [0, 0.1) is 11.6 Å². The molecule has 128 valence electrons. The van der Waals surface area contributed by atoms with Gasteiger partial charge in [-0.15, -0.1) is 0 Å². The Hall–Kier alpha value is -2.18. The Kier molecular flexibility index (Phi) is 6.33. The van der Waals surface area contributed by atoms with Gasteiger partial charge in [0, 0.05) is 10.5 Å². The molecule has 0 heterocycles. The quantitative estimate of drug-likeness (QED) is 0.500. The first-order chi connectivity index (χ1) is 11.8. The van der Waals surface area contributed by atoms with Crippen molar-refractivity contribution >= 4 is 33.8 Å². The van der Waals surface area contributed by atoms with Crippen molar-refractivity contribution < 1.29 is 18.4 Å². The fraction of sp³-hybridized carbons (Fsp3) is 0.0526. The summed E-state index contributed by atoms with van der Waals surface area (Å²) < 4.78 is 28.6. The molecule has 0 aliphatic rings. The Labute approximate surface area is 153 Å². The lowest BCUT2D eigenvalue weighted by molar-refractivity contribution is -0.108. The van der Waals surface area contributed by atoms with E-state index in [1.165, 1.54) is 25.1 Å². The monoisotopic (exact) mass is 376 g/mol. The summed E-state index contributed by atoms with van der Waals surface area (Å²) in [5.41, 5.74) is 0.807. The molecule has 0 unspecified atom stereocenters. The third kappa shape index (κ3) is 4.67. The fourth-order valence-corrected chi connectivity index (χ4v) is 3.16. The van der Waals surface area contributed by atoms with Gasteiger partial charge in [-0.1, -0.05) is 31.4 Å². The second-order valence-electron chi connectivity index (χ2n) is 5.06. The van der Waals surface area contributed by atoms with E-state index in [0.29, 0.717) is 22.2 Å². The van der Waals surface area contributed by atoms with Crippen LogP contribution >= 0.6 is 23.5 Å². The van der Waals surface area contributed by atoms with E-state index in [9.17, 15) is 18.4 Å². The summed E-state index contributed by atoms with van der Waals surface area (Å²) in [5, 5.41) is -0.618. The lowest BCUT2D eigenvalue weighted by atomic mass is 10.1. The zero-order chi connectivity index (χ0) is 18.6. The molecule has 0 amide bonds. The summed E-state index contributed by atoms with van der Waals surface area (Å²) in [6, 6.07) is 9.27. The molecular weight excluding hydrogens is 362 g/mol. The van der Waals surface area contributed by atoms with Gasteiger partial charge in [0.05, 0.1) is 4.90 Å². The Balaban J connectivity index is 2.29. The van der Waals surface area contributed by atoms with Crippen molar-refractivity contribution in [3.8, 4) is 11.1 Å². The highest BCUT2D eigenvalue weighted by molar-refractivity contribution is 8.14. The summed E-state index contributed by atoms with van der Waals surface area (Å²) in [5.74, 6) is -2.10. The van der Waals surface area contributed by atoms with Crippen LogP contribution in [0.5, 0.6) is 0 Å². The number of carbonyl (C=O) groups excluding carboxylic acids is 2. The van der Waals surface area contributed by atoms with Crippen LogP contribution in [0.2, 0.25) is 0 Å². The van der Waals surface area contributed by atoms with E-state index in [1.807, 2.05) is 0 Å². The van der Waals surface area contributed by atoms with Crippen LogP contribution < -0.4 is 0 Å². The average Bonchev–Trinajstić information content (AvgIpc) is 2.59. The summed E-state index contributed by atoms with van der Waals surface area (Å²) in [4.78, 5) is 23.5. The minimum Gasteiger partial charge on any atom is -0.282 e. The predicted molar refractivity (Wildman–Crippen MR) is 98.5 cm³/mol. The van der Waals surface area contributed by atoms with Crippen LogP contribution in [0.3, 0.4) is 0 Å². The van der Waals surface area contributed by atoms with Crippen LogP contribution in [0.1, 0.15) is 6.92 Å².